The lowest BCUT2D eigenvalue weighted by molar-refractivity contribution is -0.170. The van der Waals surface area contributed by atoms with Gasteiger partial charge in [-0.1, -0.05) is 35.9 Å². The Kier molecular flexibility index (Phi) is 7.59. The summed E-state index contributed by atoms with van der Waals surface area (Å²) in [7, 11) is 0. The summed E-state index contributed by atoms with van der Waals surface area (Å²) in [5, 5.41) is 0.453. The van der Waals surface area contributed by atoms with Crippen molar-refractivity contribution < 1.29 is 27.4 Å². The third kappa shape index (κ3) is 5.87. The van der Waals surface area contributed by atoms with E-state index in [9.17, 15) is 18.0 Å². The number of carbonyl (C=O) groups is 1. The van der Waals surface area contributed by atoms with Crippen molar-refractivity contribution >= 4 is 28.9 Å². The molecule has 0 fully saturated rings. The highest BCUT2D eigenvalue weighted by atomic mass is 35.5. The van der Waals surface area contributed by atoms with E-state index in [-0.39, 0.29) is 12.2 Å². The lowest BCUT2D eigenvalue weighted by Crippen LogP contribution is -2.41. The van der Waals surface area contributed by atoms with Gasteiger partial charge in [0.05, 0.1) is 24.4 Å². The Morgan fingerprint density at radius 3 is 2.40 bits per heavy atom. The molecule has 2 aliphatic heterocycles. The Labute approximate surface area is 249 Å². The SMILES string of the molecule is CCOc1cc2c(c3c1OC(C)(C)C3)C(c1ccc(C)c(N(Cc3ccc(Cl)cc3)C(=O)C(F)(F)F)c1)=NC(C)(C)C2. The molecule has 9 heteroatoms. The molecular formula is C33H34ClF3N2O3. The van der Waals surface area contributed by atoms with Gasteiger partial charge in [-0.2, -0.15) is 13.2 Å². The predicted octanol–water partition coefficient (Wildman–Crippen LogP) is 8.03. The van der Waals surface area contributed by atoms with Crippen LogP contribution in [0.2, 0.25) is 5.02 Å². The van der Waals surface area contributed by atoms with Crippen molar-refractivity contribution in [2.75, 3.05) is 11.5 Å². The topological polar surface area (TPSA) is 51.1 Å². The molecule has 0 spiro atoms. The molecule has 0 aromatic heterocycles. The van der Waals surface area contributed by atoms with Crippen LogP contribution in [0.25, 0.3) is 0 Å². The molecule has 3 aromatic rings. The summed E-state index contributed by atoms with van der Waals surface area (Å²) in [6.45, 7) is 11.9. The number of ether oxygens (including phenoxy) is 2. The van der Waals surface area contributed by atoms with E-state index < -0.39 is 23.2 Å². The average Bonchev–Trinajstić information content (AvgIpc) is 3.22. The molecule has 2 heterocycles. The van der Waals surface area contributed by atoms with Gasteiger partial charge in [0.1, 0.15) is 5.60 Å². The number of alkyl halides is 3. The standard InChI is InChI=1S/C33H34ClF3N2O3/c1-7-41-26-15-22-16-31(3,4)38-28(27(22)24-17-32(5,6)42-29(24)26)21-11-8-19(2)25(14-21)39(30(40)33(35,36)37)18-20-9-12-23(34)13-10-20/h8-15H,7,16-18H2,1-6H3. The van der Waals surface area contributed by atoms with Crippen LogP contribution in [0.5, 0.6) is 11.5 Å². The van der Waals surface area contributed by atoms with Gasteiger partial charge in [-0.15, -0.1) is 0 Å². The van der Waals surface area contributed by atoms with E-state index in [2.05, 4.69) is 0 Å². The van der Waals surface area contributed by atoms with Gasteiger partial charge in [0.25, 0.3) is 0 Å². The number of carbonyl (C=O) groups excluding carboxylic acids is 1. The lowest BCUT2D eigenvalue weighted by Gasteiger charge is -2.32. The molecule has 3 aromatic carbocycles. The number of halogens is 4. The number of hydrogen-bond acceptors (Lipinski definition) is 4. The molecule has 0 saturated carbocycles. The molecule has 0 N–H and O–H groups in total. The summed E-state index contributed by atoms with van der Waals surface area (Å²) < 4.78 is 54.0. The molecule has 2 aliphatic rings. The summed E-state index contributed by atoms with van der Waals surface area (Å²) in [5.74, 6) is -0.582. The number of rotatable bonds is 6. The molecule has 0 unspecified atom stereocenters. The highest BCUT2D eigenvalue weighted by molar-refractivity contribution is 6.30. The number of amides is 1. The third-order valence-corrected chi connectivity index (χ3v) is 7.75. The van der Waals surface area contributed by atoms with E-state index in [4.69, 9.17) is 26.1 Å². The zero-order valence-electron chi connectivity index (χ0n) is 24.6. The number of anilines is 1. The van der Waals surface area contributed by atoms with Crippen LogP contribution in [-0.2, 0) is 24.2 Å². The zero-order chi connectivity index (χ0) is 30.6. The molecule has 5 rings (SSSR count). The largest absolute Gasteiger partial charge is 0.490 e. The van der Waals surface area contributed by atoms with Gasteiger partial charge in [-0.3, -0.25) is 14.7 Å². The molecule has 222 valence electrons. The quantitative estimate of drug-likeness (QED) is 0.289. The molecule has 5 nitrogen and oxygen atoms in total. The van der Waals surface area contributed by atoms with Gasteiger partial charge < -0.3 is 9.47 Å². The van der Waals surface area contributed by atoms with Crippen molar-refractivity contribution in [3.63, 3.8) is 0 Å². The molecule has 42 heavy (non-hydrogen) atoms. The first-order valence-electron chi connectivity index (χ1n) is 13.9. The van der Waals surface area contributed by atoms with E-state index in [1.807, 2.05) is 46.8 Å². The Bertz CT molecular complexity index is 1580. The van der Waals surface area contributed by atoms with Gasteiger partial charge in [0.15, 0.2) is 11.5 Å². The number of benzene rings is 3. The average molecular weight is 599 g/mol. The highest BCUT2D eigenvalue weighted by Crippen LogP contribution is 2.48. The first kappa shape index (κ1) is 30.0. The number of aliphatic imine (C=N–C) groups is 1. The number of hydrogen-bond donors (Lipinski definition) is 0. The minimum absolute atomic E-state index is 0.163. The third-order valence-electron chi connectivity index (χ3n) is 7.50. The second-order valence-electron chi connectivity index (χ2n) is 12.2. The van der Waals surface area contributed by atoms with E-state index in [1.165, 1.54) is 0 Å². The second-order valence-corrected chi connectivity index (χ2v) is 12.6. The summed E-state index contributed by atoms with van der Waals surface area (Å²) >= 11 is 5.99. The van der Waals surface area contributed by atoms with Crippen molar-refractivity contribution in [1.29, 1.82) is 0 Å². The number of aryl methyl sites for hydroxylation is 1. The van der Waals surface area contributed by atoms with Crippen molar-refractivity contribution in [3.05, 3.63) is 86.9 Å². The van der Waals surface area contributed by atoms with Gasteiger partial charge in [-0.25, -0.2) is 0 Å². The van der Waals surface area contributed by atoms with Crippen LogP contribution in [0.4, 0.5) is 18.9 Å². The molecular weight excluding hydrogens is 565 g/mol. The molecule has 0 radical (unpaired) electrons. The van der Waals surface area contributed by atoms with E-state index >= 15 is 0 Å². The summed E-state index contributed by atoms with van der Waals surface area (Å²) in [6.07, 6.45) is -3.78. The second kappa shape index (κ2) is 10.6. The Morgan fingerprint density at radius 2 is 1.76 bits per heavy atom. The first-order valence-corrected chi connectivity index (χ1v) is 14.3. The van der Waals surface area contributed by atoms with Crippen LogP contribution in [0.1, 0.15) is 68.0 Å². The minimum Gasteiger partial charge on any atom is -0.490 e. The smallest absolute Gasteiger partial charge is 0.471 e. The Hall–Kier alpha value is -3.52. The van der Waals surface area contributed by atoms with Crippen LogP contribution in [0.3, 0.4) is 0 Å². The molecule has 0 bridgehead atoms. The van der Waals surface area contributed by atoms with Crippen LogP contribution < -0.4 is 14.4 Å². The first-order chi connectivity index (χ1) is 19.6. The van der Waals surface area contributed by atoms with Crippen LogP contribution in [0, 0.1) is 6.92 Å². The Balaban J connectivity index is 1.68. The normalized spacial score (nSPS) is 16.7. The summed E-state index contributed by atoms with van der Waals surface area (Å²) in [6, 6.07) is 13.6. The van der Waals surface area contributed by atoms with Crippen molar-refractivity contribution in [1.82, 2.24) is 0 Å². The predicted molar refractivity (Wildman–Crippen MR) is 159 cm³/mol. The fraction of sp³-hybridized carbons (Fsp3) is 0.394. The van der Waals surface area contributed by atoms with Crippen LogP contribution in [0.15, 0.2) is 53.5 Å². The minimum atomic E-state index is -5.06. The maximum Gasteiger partial charge on any atom is 0.471 e. The Morgan fingerprint density at radius 1 is 1.07 bits per heavy atom. The fourth-order valence-corrected chi connectivity index (χ4v) is 5.91. The van der Waals surface area contributed by atoms with E-state index in [0.717, 1.165) is 21.6 Å². The van der Waals surface area contributed by atoms with Crippen LogP contribution in [-0.4, -0.2) is 35.5 Å². The van der Waals surface area contributed by atoms with Crippen molar-refractivity contribution in [2.24, 2.45) is 4.99 Å². The van der Waals surface area contributed by atoms with Gasteiger partial charge >= 0.3 is 12.1 Å². The van der Waals surface area contributed by atoms with Gasteiger partial charge in [0, 0.05) is 33.8 Å². The van der Waals surface area contributed by atoms with E-state index in [1.54, 1.807) is 43.3 Å². The van der Waals surface area contributed by atoms with Gasteiger partial charge in [-0.05, 0) is 88.9 Å². The summed E-state index contributed by atoms with van der Waals surface area (Å²) in [5.41, 5.74) is 4.48. The van der Waals surface area contributed by atoms with Gasteiger partial charge in [0.2, 0.25) is 0 Å². The maximum atomic E-state index is 13.9. The number of fused-ring (bicyclic) bond motifs is 3. The monoisotopic (exact) mass is 598 g/mol. The van der Waals surface area contributed by atoms with E-state index in [0.29, 0.717) is 58.4 Å². The zero-order valence-corrected chi connectivity index (χ0v) is 25.3. The van der Waals surface area contributed by atoms with Crippen molar-refractivity contribution in [2.45, 2.75) is 78.2 Å². The fourth-order valence-electron chi connectivity index (χ4n) is 5.78. The molecule has 0 saturated heterocycles. The molecule has 0 atom stereocenters. The van der Waals surface area contributed by atoms with Crippen molar-refractivity contribution in [3.8, 4) is 11.5 Å². The number of nitrogens with zero attached hydrogens (tertiary/aromatic N) is 2. The summed E-state index contributed by atoms with van der Waals surface area (Å²) in [4.78, 5) is 18.7. The molecule has 0 aliphatic carbocycles. The lowest BCUT2D eigenvalue weighted by atomic mass is 9.80. The highest BCUT2D eigenvalue weighted by Gasteiger charge is 2.44. The maximum absolute atomic E-state index is 13.9. The molecule has 1 amide bonds. The van der Waals surface area contributed by atoms with Crippen LogP contribution >= 0.6 is 11.6 Å².